The highest BCUT2D eigenvalue weighted by Crippen LogP contribution is 2.11. The van der Waals surface area contributed by atoms with E-state index in [2.05, 4.69) is 5.32 Å². The Morgan fingerprint density at radius 3 is 2.27 bits per heavy atom. The number of nitrogens with one attached hydrogen (secondary N) is 1. The predicted molar refractivity (Wildman–Crippen MR) is 84.6 cm³/mol. The first-order valence-corrected chi connectivity index (χ1v) is 7.64. The van der Waals surface area contributed by atoms with Gasteiger partial charge >= 0.3 is 5.97 Å². The van der Waals surface area contributed by atoms with Crippen molar-refractivity contribution >= 4 is 11.8 Å². The van der Waals surface area contributed by atoms with Crippen molar-refractivity contribution in [2.45, 2.75) is 45.7 Å². The second kappa shape index (κ2) is 9.33. The summed E-state index contributed by atoms with van der Waals surface area (Å²) in [5.74, 6) is -0.918. The van der Waals surface area contributed by atoms with E-state index in [1.165, 1.54) is 0 Å². The number of carbonyl (C=O) groups excluding carboxylic acids is 1. The molecule has 0 amide bonds. The maximum atomic E-state index is 11.2. The quantitative estimate of drug-likeness (QED) is 0.613. The van der Waals surface area contributed by atoms with Gasteiger partial charge in [0.2, 0.25) is 0 Å². The zero-order valence-corrected chi connectivity index (χ0v) is 13.2. The number of aliphatic hydroxyl groups is 1. The Labute approximate surface area is 131 Å². The van der Waals surface area contributed by atoms with Crippen molar-refractivity contribution in [3.05, 3.63) is 35.4 Å². The summed E-state index contributed by atoms with van der Waals surface area (Å²) in [5, 5.41) is 21.0. The highest BCUT2D eigenvalue weighted by molar-refractivity contribution is 5.79. The molecule has 0 heterocycles. The Balaban J connectivity index is 2.53. The number of aliphatic hydroxyl groups excluding tert-OH is 1. The molecule has 5 heteroatoms. The molecule has 0 aliphatic carbocycles. The molecule has 1 aromatic carbocycles. The van der Waals surface area contributed by atoms with E-state index in [4.69, 9.17) is 5.11 Å². The summed E-state index contributed by atoms with van der Waals surface area (Å²) in [5.41, 5.74) is 2.04. The van der Waals surface area contributed by atoms with Gasteiger partial charge in [0.1, 0.15) is 12.6 Å². The minimum atomic E-state index is -0.825. The van der Waals surface area contributed by atoms with Crippen molar-refractivity contribution in [3.63, 3.8) is 0 Å². The van der Waals surface area contributed by atoms with Crippen molar-refractivity contribution in [1.82, 2.24) is 5.32 Å². The van der Waals surface area contributed by atoms with Crippen LogP contribution in [0.15, 0.2) is 24.3 Å². The van der Waals surface area contributed by atoms with Gasteiger partial charge in [-0.1, -0.05) is 44.5 Å². The lowest BCUT2D eigenvalue weighted by Gasteiger charge is -2.20. The van der Waals surface area contributed by atoms with Gasteiger partial charge in [0.25, 0.3) is 0 Å². The third-order valence-electron chi connectivity index (χ3n) is 3.90. The zero-order valence-electron chi connectivity index (χ0n) is 13.2. The predicted octanol–water partition coefficient (Wildman–Crippen LogP) is 1.77. The molecule has 1 unspecified atom stereocenters. The maximum absolute atomic E-state index is 11.2. The second-order valence-corrected chi connectivity index (χ2v) is 5.60. The van der Waals surface area contributed by atoms with E-state index in [0.717, 1.165) is 17.5 Å². The number of aliphatic carboxylic acids is 1. The highest BCUT2D eigenvalue weighted by atomic mass is 16.4. The minimum absolute atomic E-state index is 0.0706. The summed E-state index contributed by atoms with van der Waals surface area (Å²) in [6, 6.07) is 7.18. The number of hydrogen-bond acceptors (Lipinski definition) is 4. The van der Waals surface area contributed by atoms with E-state index in [-0.39, 0.29) is 11.7 Å². The van der Waals surface area contributed by atoms with Gasteiger partial charge in [0.05, 0.1) is 0 Å². The molecule has 0 saturated heterocycles. The van der Waals surface area contributed by atoms with E-state index < -0.39 is 18.6 Å². The maximum Gasteiger partial charge on any atom is 0.320 e. The van der Waals surface area contributed by atoms with Crippen molar-refractivity contribution in [3.8, 4) is 0 Å². The molecular weight excluding hydrogens is 282 g/mol. The summed E-state index contributed by atoms with van der Waals surface area (Å²) < 4.78 is 0. The van der Waals surface area contributed by atoms with Crippen molar-refractivity contribution in [1.29, 1.82) is 0 Å². The largest absolute Gasteiger partial charge is 0.480 e. The first-order chi connectivity index (χ1) is 10.5. The fourth-order valence-electron chi connectivity index (χ4n) is 2.18. The van der Waals surface area contributed by atoms with E-state index in [9.17, 15) is 14.7 Å². The number of carbonyl (C=O) groups is 2. The van der Waals surface area contributed by atoms with E-state index in [0.29, 0.717) is 19.4 Å². The molecule has 0 radical (unpaired) electrons. The van der Waals surface area contributed by atoms with Gasteiger partial charge in [-0.05, 0) is 23.5 Å². The number of carboxylic acid groups (broad SMARTS) is 1. The van der Waals surface area contributed by atoms with Crippen molar-refractivity contribution < 1.29 is 19.8 Å². The van der Waals surface area contributed by atoms with Crippen molar-refractivity contribution in [2.24, 2.45) is 5.92 Å². The Hall–Kier alpha value is -1.72. The van der Waals surface area contributed by atoms with Gasteiger partial charge in [0.15, 0.2) is 5.78 Å². The molecule has 0 saturated carbocycles. The van der Waals surface area contributed by atoms with E-state index >= 15 is 0 Å². The normalized spacial score (nSPS) is 13.6. The molecule has 0 spiro atoms. The van der Waals surface area contributed by atoms with Crippen LogP contribution in [-0.4, -0.2) is 34.6 Å². The molecule has 22 heavy (non-hydrogen) atoms. The number of aryl methyl sites for hydroxylation is 1. The van der Waals surface area contributed by atoms with Crippen molar-refractivity contribution in [2.75, 3.05) is 6.61 Å². The van der Waals surface area contributed by atoms with Gasteiger partial charge in [-0.3, -0.25) is 9.59 Å². The van der Waals surface area contributed by atoms with Gasteiger partial charge in [-0.25, -0.2) is 0 Å². The lowest BCUT2D eigenvalue weighted by Crippen LogP contribution is -2.41. The molecule has 2 atom stereocenters. The topological polar surface area (TPSA) is 86.6 Å². The number of carboxylic acids is 1. The molecule has 122 valence electrons. The first kappa shape index (κ1) is 18.3. The van der Waals surface area contributed by atoms with Crippen LogP contribution >= 0.6 is 0 Å². The minimum Gasteiger partial charge on any atom is -0.480 e. The van der Waals surface area contributed by atoms with Crippen LogP contribution in [-0.2, 0) is 22.6 Å². The Bertz CT molecular complexity index is 484. The molecular formula is C17H25NO4. The van der Waals surface area contributed by atoms with Crippen LogP contribution in [0.2, 0.25) is 0 Å². The SMILES string of the molecule is CCC(C)[C@H](NCc1ccc(CCC(=O)CO)cc1)C(=O)O. The molecule has 0 fully saturated rings. The van der Waals surface area contributed by atoms with Crippen LogP contribution in [0.25, 0.3) is 0 Å². The molecule has 5 nitrogen and oxygen atoms in total. The van der Waals surface area contributed by atoms with Crippen LogP contribution in [0.5, 0.6) is 0 Å². The number of hydrogen-bond donors (Lipinski definition) is 3. The number of benzene rings is 1. The Kier molecular flexibility index (Phi) is 7.77. The molecule has 1 rings (SSSR count). The molecule has 3 N–H and O–H groups in total. The molecule has 1 aromatic rings. The standard InChI is InChI=1S/C17H25NO4/c1-3-12(2)16(17(21)22)18-10-14-6-4-13(5-7-14)8-9-15(20)11-19/h4-7,12,16,18-19H,3,8-11H2,1-2H3,(H,21,22)/t12?,16-/m0/s1. The van der Waals surface area contributed by atoms with Gasteiger partial charge in [-0.15, -0.1) is 0 Å². The van der Waals surface area contributed by atoms with Gasteiger partial charge in [0, 0.05) is 13.0 Å². The monoisotopic (exact) mass is 307 g/mol. The fraction of sp³-hybridized carbons (Fsp3) is 0.529. The van der Waals surface area contributed by atoms with E-state index in [1.54, 1.807) is 0 Å². The van der Waals surface area contributed by atoms with Crippen LogP contribution in [0.1, 0.15) is 37.8 Å². The van der Waals surface area contributed by atoms with E-state index in [1.807, 2.05) is 38.1 Å². The third-order valence-corrected chi connectivity index (χ3v) is 3.90. The molecule has 0 bridgehead atoms. The van der Waals surface area contributed by atoms with Gasteiger partial charge in [-0.2, -0.15) is 0 Å². The molecule has 0 aromatic heterocycles. The lowest BCUT2D eigenvalue weighted by atomic mass is 9.99. The molecule has 0 aliphatic rings. The van der Waals surface area contributed by atoms with Crippen LogP contribution < -0.4 is 5.32 Å². The summed E-state index contributed by atoms with van der Waals surface area (Å²) >= 11 is 0. The summed E-state index contributed by atoms with van der Waals surface area (Å²) in [7, 11) is 0. The first-order valence-electron chi connectivity index (χ1n) is 7.64. The van der Waals surface area contributed by atoms with Crippen LogP contribution in [0.4, 0.5) is 0 Å². The second-order valence-electron chi connectivity index (χ2n) is 5.60. The number of ketones is 1. The number of rotatable bonds is 10. The lowest BCUT2D eigenvalue weighted by molar-refractivity contribution is -0.140. The fourth-order valence-corrected chi connectivity index (χ4v) is 2.18. The third kappa shape index (κ3) is 5.95. The van der Waals surface area contributed by atoms with Gasteiger partial charge < -0.3 is 15.5 Å². The Morgan fingerprint density at radius 2 is 1.77 bits per heavy atom. The summed E-state index contributed by atoms with van der Waals surface area (Å²) in [4.78, 5) is 22.3. The Morgan fingerprint density at radius 1 is 1.18 bits per heavy atom. The highest BCUT2D eigenvalue weighted by Gasteiger charge is 2.22. The average molecular weight is 307 g/mol. The molecule has 0 aliphatic heterocycles. The van der Waals surface area contributed by atoms with Crippen LogP contribution in [0.3, 0.4) is 0 Å². The average Bonchev–Trinajstić information content (AvgIpc) is 2.53. The number of Topliss-reactive ketones (excluding diaryl/α,β-unsaturated/α-hetero) is 1. The van der Waals surface area contributed by atoms with Crippen LogP contribution in [0, 0.1) is 5.92 Å². The summed E-state index contributed by atoms with van der Waals surface area (Å²) in [6.07, 6.45) is 1.75. The smallest absolute Gasteiger partial charge is 0.320 e. The summed E-state index contributed by atoms with van der Waals surface area (Å²) in [6.45, 7) is 3.99. The zero-order chi connectivity index (χ0) is 16.5.